The van der Waals surface area contributed by atoms with Crippen molar-refractivity contribution in [2.24, 2.45) is 52.3 Å². The maximum Gasteiger partial charge on any atom is -0.0195 e. The normalized spacial score (nSPS) is 32.1. The van der Waals surface area contributed by atoms with Crippen molar-refractivity contribution in [3.63, 3.8) is 0 Å². The molecule has 0 heterocycles. The zero-order valence-electron chi connectivity index (χ0n) is 32.8. The van der Waals surface area contributed by atoms with Gasteiger partial charge in [-0.25, -0.2) is 0 Å². The van der Waals surface area contributed by atoms with Crippen molar-refractivity contribution in [1.82, 2.24) is 0 Å². The van der Waals surface area contributed by atoms with Crippen LogP contribution in [0.25, 0.3) is 0 Å². The van der Waals surface area contributed by atoms with E-state index in [4.69, 9.17) is 0 Å². The van der Waals surface area contributed by atoms with Gasteiger partial charge in [0.2, 0.25) is 0 Å². The molecule has 0 nitrogen and oxygen atoms in total. The van der Waals surface area contributed by atoms with Crippen molar-refractivity contribution in [2.45, 2.75) is 96.3 Å². The van der Waals surface area contributed by atoms with Crippen LogP contribution in [0.4, 0.5) is 0 Å². The summed E-state index contributed by atoms with van der Waals surface area (Å²) in [5.41, 5.74) is 1.61. The van der Waals surface area contributed by atoms with Crippen LogP contribution in [0.15, 0.2) is 121 Å². The molecule has 0 spiro atoms. The first-order valence-electron chi connectivity index (χ1n) is 22.0. The third-order valence-electron chi connectivity index (χ3n) is 15.4. The second-order valence-electron chi connectivity index (χ2n) is 19.0. The first-order valence-corrected chi connectivity index (χ1v) is 25.9. The molecule has 8 bridgehead atoms. The van der Waals surface area contributed by atoms with Crippen molar-refractivity contribution in [3.05, 3.63) is 121 Å². The third-order valence-corrected chi connectivity index (χ3v) is 21.0. The number of benzene rings is 4. The lowest BCUT2D eigenvalue weighted by atomic mass is 9.38. The minimum atomic E-state index is -0.309. The lowest BCUT2D eigenvalue weighted by molar-refractivity contribution is -0.174. The van der Waals surface area contributed by atoms with Gasteiger partial charge in [-0.05, 0) is 204 Å². The van der Waals surface area contributed by atoms with Gasteiger partial charge in [0.1, 0.15) is 0 Å². The molecule has 4 aromatic carbocycles. The number of hydrogen-bond donors (Lipinski definition) is 0. The molecule has 8 saturated carbocycles. The molecule has 3 heteroatoms. The van der Waals surface area contributed by atoms with Gasteiger partial charge in [0, 0.05) is 0 Å². The fraction of sp³-hybridized carbons (Fsp3) is 0.529. The molecular weight excluding hydrogens is 705 g/mol. The molecule has 54 heavy (non-hydrogen) atoms. The Labute approximate surface area is 333 Å². The van der Waals surface area contributed by atoms with E-state index in [0.29, 0.717) is 0 Å². The third kappa shape index (κ3) is 8.13. The SMILES string of the molecule is PCCCC(C12CC3CC(CC(C3)C1)C2)C12CC3CC(CC(C3)C1)C2.c1ccc(P(CCCP(c2ccccc2)c2ccccc2)c2ccccc2)cc1. The molecule has 1 unspecified atom stereocenters. The monoisotopic (exact) mass is 770 g/mol. The molecule has 0 N–H and O–H groups in total. The standard InChI is InChI=1S/C27H26P2.C24H39P/c1-5-14-24(15-6-1)28(25-16-7-2-8-17-25)22-13-23-29(26-18-9-3-10-19-26)27-20-11-4-12-21-27;25-3-1-2-22(23-10-16-4-17(11-23)6-18(5-16)12-23)24-13-19-7-20(14-24)9-21(8-19)15-24/h1-12,14-21H,13,22-23H2;16-22H,1-15,25H2. The van der Waals surface area contributed by atoms with Crippen LogP contribution in [0.3, 0.4) is 0 Å². The molecular formula is C51H65P3. The van der Waals surface area contributed by atoms with Crippen LogP contribution in [-0.4, -0.2) is 18.5 Å². The Morgan fingerprint density at radius 2 is 0.704 bits per heavy atom. The van der Waals surface area contributed by atoms with E-state index in [1.165, 1.54) is 52.5 Å². The average molecular weight is 771 g/mol. The molecule has 8 aliphatic carbocycles. The lowest BCUT2D eigenvalue weighted by Gasteiger charge is -2.67. The van der Waals surface area contributed by atoms with E-state index < -0.39 is 0 Å². The van der Waals surface area contributed by atoms with Gasteiger partial charge in [0.25, 0.3) is 0 Å². The molecule has 4 aromatic rings. The Hall–Kier alpha value is -1.83. The average Bonchev–Trinajstić information content (AvgIpc) is 3.19. The zero-order chi connectivity index (χ0) is 36.4. The summed E-state index contributed by atoms with van der Waals surface area (Å²) < 4.78 is 0. The van der Waals surface area contributed by atoms with E-state index in [0.717, 1.165) is 52.3 Å². The fourth-order valence-corrected chi connectivity index (χ4v) is 19.6. The minimum absolute atomic E-state index is 0.309. The smallest absolute Gasteiger partial charge is 0.0195 e. The van der Waals surface area contributed by atoms with Gasteiger partial charge in [-0.15, -0.1) is 9.24 Å². The van der Waals surface area contributed by atoms with Gasteiger partial charge in [0.15, 0.2) is 0 Å². The summed E-state index contributed by atoms with van der Waals surface area (Å²) in [6, 6.07) is 44.3. The van der Waals surface area contributed by atoms with Crippen molar-refractivity contribution < 1.29 is 0 Å². The molecule has 0 aliphatic heterocycles. The summed E-state index contributed by atoms with van der Waals surface area (Å²) in [7, 11) is 2.43. The summed E-state index contributed by atoms with van der Waals surface area (Å²) in [5.74, 6) is 7.94. The van der Waals surface area contributed by atoms with Crippen molar-refractivity contribution >= 4 is 46.3 Å². The molecule has 1 atom stereocenters. The van der Waals surface area contributed by atoms with Crippen molar-refractivity contribution in [3.8, 4) is 0 Å². The number of hydrogen-bond acceptors (Lipinski definition) is 0. The molecule has 0 amide bonds. The Morgan fingerprint density at radius 1 is 0.426 bits per heavy atom. The Balaban J connectivity index is 0.000000143. The van der Waals surface area contributed by atoms with E-state index in [2.05, 4.69) is 131 Å². The topological polar surface area (TPSA) is 0 Å². The highest BCUT2D eigenvalue weighted by Crippen LogP contribution is 2.72. The van der Waals surface area contributed by atoms with E-state index in [1.807, 2.05) is 0 Å². The Kier molecular flexibility index (Phi) is 11.8. The van der Waals surface area contributed by atoms with Crippen LogP contribution < -0.4 is 21.2 Å². The van der Waals surface area contributed by atoms with Gasteiger partial charge in [-0.2, -0.15) is 0 Å². The van der Waals surface area contributed by atoms with Crippen LogP contribution in [0.1, 0.15) is 96.3 Å². The predicted molar refractivity (Wildman–Crippen MR) is 241 cm³/mol. The highest BCUT2D eigenvalue weighted by atomic mass is 31.1. The summed E-state index contributed by atoms with van der Waals surface area (Å²) in [6.45, 7) is 0. The lowest BCUT2D eigenvalue weighted by Crippen LogP contribution is -2.58. The largest absolute Gasteiger partial charge is 0.138 e. The van der Waals surface area contributed by atoms with E-state index in [9.17, 15) is 0 Å². The van der Waals surface area contributed by atoms with Gasteiger partial charge < -0.3 is 0 Å². The Morgan fingerprint density at radius 3 is 0.963 bits per heavy atom. The summed E-state index contributed by atoms with van der Waals surface area (Å²) >= 11 is 0. The molecule has 8 fully saturated rings. The van der Waals surface area contributed by atoms with Gasteiger partial charge in [-0.3, -0.25) is 0 Å². The van der Waals surface area contributed by atoms with E-state index in [1.54, 1.807) is 83.5 Å². The van der Waals surface area contributed by atoms with Gasteiger partial charge in [-0.1, -0.05) is 121 Å². The predicted octanol–water partition coefficient (Wildman–Crippen LogP) is 12.3. The van der Waals surface area contributed by atoms with Crippen molar-refractivity contribution in [1.29, 1.82) is 0 Å². The van der Waals surface area contributed by atoms with Gasteiger partial charge >= 0.3 is 0 Å². The summed E-state index contributed by atoms with van der Waals surface area (Å²) in [5, 5.41) is 5.94. The molecule has 284 valence electrons. The molecule has 0 radical (unpaired) electrons. The summed E-state index contributed by atoms with van der Waals surface area (Å²) in [6.07, 6.45) is 27.8. The number of rotatable bonds is 13. The minimum Gasteiger partial charge on any atom is -0.138 e. The highest BCUT2D eigenvalue weighted by molar-refractivity contribution is 7.74. The fourth-order valence-electron chi connectivity index (χ4n) is 14.4. The second-order valence-corrected chi connectivity index (χ2v) is 24.3. The Bertz CT molecular complexity index is 1480. The zero-order valence-corrected chi connectivity index (χ0v) is 35.7. The first kappa shape index (κ1) is 37.7. The second kappa shape index (κ2) is 16.9. The van der Waals surface area contributed by atoms with Crippen LogP contribution in [-0.2, 0) is 0 Å². The van der Waals surface area contributed by atoms with Crippen LogP contribution in [0, 0.1) is 52.3 Å². The first-order chi connectivity index (χ1) is 26.6. The van der Waals surface area contributed by atoms with Crippen molar-refractivity contribution in [2.75, 3.05) is 18.5 Å². The van der Waals surface area contributed by atoms with Crippen LogP contribution in [0.5, 0.6) is 0 Å². The van der Waals surface area contributed by atoms with E-state index in [-0.39, 0.29) is 15.8 Å². The molecule has 8 aliphatic rings. The molecule has 0 saturated heterocycles. The van der Waals surface area contributed by atoms with Crippen LogP contribution in [0.2, 0.25) is 0 Å². The molecule has 12 rings (SSSR count). The van der Waals surface area contributed by atoms with Gasteiger partial charge in [0.05, 0.1) is 0 Å². The molecule has 0 aromatic heterocycles. The quantitative estimate of drug-likeness (QED) is 0.119. The maximum absolute atomic E-state index is 3.04. The summed E-state index contributed by atoms with van der Waals surface area (Å²) in [4.78, 5) is 0. The van der Waals surface area contributed by atoms with Crippen LogP contribution >= 0.6 is 25.1 Å². The maximum atomic E-state index is 3.04. The highest BCUT2D eigenvalue weighted by Gasteiger charge is 2.62. The van der Waals surface area contributed by atoms with E-state index >= 15 is 0 Å².